The molecule has 80 valence electrons. The molecule has 0 fully saturated rings. The lowest BCUT2D eigenvalue weighted by atomic mass is 10.2. The number of hydrogen-bond acceptors (Lipinski definition) is 1. The number of nitrogens with zero attached hydrogens (tertiary/aromatic N) is 2. The van der Waals surface area contributed by atoms with E-state index in [0.717, 1.165) is 17.1 Å². The molecule has 0 aliphatic carbocycles. The molecule has 0 N–H and O–H groups in total. The molecular weight excluding hydrogens is 220 g/mol. The SMILES string of the molecule is Cc1cc(C#N)c(C)n1-c1cccc(Cl)c1. The summed E-state index contributed by atoms with van der Waals surface area (Å²) in [7, 11) is 0. The first-order valence-electron chi connectivity index (χ1n) is 4.98. The predicted octanol–water partition coefficient (Wildman–Crippen LogP) is 3.62. The van der Waals surface area contributed by atoms with E-state index in [4.69, 9.17) is 16.9 Å². The van der Waals surface area contributed by atoms with Gasteiger partial charge in [0.1, 0.15) is 6.07 Å². The Morgan fingerprint density at radius 1 is 1.25 bits per heavy atom. The predicted molar refractivity (Wildman–Crippen MR) is 65.0 cm³/mol. The molecule has 0 saturated heterocycles. The third kappa shape index (κ3) is 1.70. The summed E-state index contributed by atoms with van der Waals surface area (Å²) < 4.78 is 2.03. The Hall–Kier alpha value is -1.72. The highest BCUT2D eigenvalue weighted by molar-refractivity contribution is 6.30. The van der Waals surface area contributed by atoms with Crippen LogP contribution in [0.2, 0.25) is 5.02 Å². The second-order valence-corrected chi connectivity index (χ2v) is 4.15. The molecule has 2 rings (SSSR count). The first kappa shape index (κ1) is 10.8. The van der Waals surface area contributed by atoms with Crippen molar-refractivity contribution in [1.29, 1.82) is 5.26 Å². The Kier molecular flexibility index (Phi) is 2.72. The lowest BCUT2D eigenvalue weighted by molar-refractivity contribution is 0.964. The van der Waals surface area contributed by atoms with E-state index in [1.165, 1.54) is 0 Å². The molecule has 1 heterocycles. The van der Waals surface area contributed by atoms with Crippen molar-refractivity contribution in [3.05, 3.63) is 52.3 Å². The van der Waals surface area contributed by atoms with E-state index in [-0.39, 0.29) is 0 Å². The molecule has 1 aromatic heterocycles. The van der Waals surface area contributed by atoms with Crippen LogP contribution in [0.4, 0.5) is 0 Å². The highest BCUT2D eigenvalue weighted by Gasteiger charge is 2.09. The van der Waals surface area contributed by atoms with Gasteiger partial charge in [0.2, 0.25) is 0 Å². The minimum Gasteiger partial charge on any atom is -0.317 e. The van der Waals surface area contributed by atoms with Crippen LogP contribution in [0.25, 0.3) is 5.69 Å². The number of rotatable bonds is 1. The minimum atomic E-state index is 0.698. The fraction of sp³-hybridized carbons (Fsp3) is 0.154. The van der Waals surface area contributed by atoms with Crippen LogP contribution in [-0.4, -0.2) is 4.57 Å². The van der Waals surface area contributed by atoms with Crippen LogP contribution in [0.15, 0.2) is 30.3 Å². The van der Waals surface area contributed by atoms with Gasteiger partial charge in [-0.25, -0.2) is 0 Å². The van der Waals surface area contributed by atoms with Gasteiger partial charge in [-0.15, -0.1) is 0 Å². The summed E-state index contributed by atoms with van der Waals surface area (Å²) in [5.41, 5.74) is 3.68. The second kappa shape index (κ2) is 4.03. The summed E-state index contributed by atoms with van der Waals surface area (Å²) in [6.07, 6.45) is 0. The van der Waals surface area contributed by atoms with Crippen molar-refractivity contribution in [2.75, 3.05) is 0 Å². The first-order valence-corrected chi connectivity index (χ1v) is 5.36. The van der Waals surface area contributed by atoms with Crippen molar-refractivity contribution in [2.45, 2.75) is 13.8 Å². The molecule has 0 atom stereocenters. The van der Waals surface area contributed by atoms with Gasteiger partial charge < -0.3 is 4.57 Å². The Morgan fingerprint density at radius 2 is 2.00 bits per heavy atom. The number of aryl methyl sites for hydroxylation is 1. The van der Waals surface area contributed by atoms with Gasteiger partial charge in [-0.2, -0.15) is 5.26 Å². The molecule has 0 aliphatic heterocycles. The zero-order valence-corrected chi connectivity index (χ0v) is 9.92. The largest absolute Gasteiger partial charge is 0.317 e. The van der Waals surface area contributed by atoms with Crippen LogP contribution in [-0.2, 0) is 0 Å². The monoisotopic (exact) mass is 230 g/mol. The second-order valence-electron chi connectivity index (χ2n) is 3.71. The first-order chi connectivity index (χ1) is 7.63. The summed E-state index contributed by atoms with van der Waals surface area (Å²) in [5, 5.41) is 9.67. The molecule has 2 aromatic rings. The maximum absolute atomic E-state index is 8.97. The van der Waals surface area contributed by atoms with Crippen LogP contribution < -0.4 is 0 Å². The molecule has 0 aliphatic rings. The molecule has 1 aromatic carbocycles. The standard InChI is InChI=1S/C13H11ClN2/c1-9-6-11(8-15)10(2)16(9)13-5-3-4-12(14)7-13/h3-7H,1-2H3. The van der Waals surface area contributed by atoms with Crippen molar-refractivity contribution < 1.29 is 0 Å². The van der Waals surface area contributed by atoms with Gasteiger partial charge >= 0.3 is 0 Å². The van der Waals surface area contributed by atoms with Crippen molar-refractivity contribution in [1.82, 2.24) is 4.57 Å². The summed E-state index contributed by atoms with van der Waals surface area (Å²) in [6, 6.07) is 11.7. The third-order valence-electron chi connectivity index (χ3n) is 2.62. The lowest BCUT2D eigenvalue weighted by Crippen LogP contribution is -1.98. The van der Waals surface area contributed by atoms with Gasteiger partial charge in [-0.05, 0) is 38.1 Å². The number of nitriles is 1. The molecule has 0 unspecified atom stereocenters. The average molecular weight is 231 g/mol. The Labute approximate surface area is 99.7 Å². The van der Waals surface area contributed by atoms with Crippen molar-refractivity contribution in [2.24, 2.45) is 0 Å². The average Bonchev–Trinajstić information content (AvgIpc) is 2.53. The van der Waals surface area contributed by atoms with E-state index in [9.17, 15) is 0 Å². The number of halogens is 1. The number of aromatic nitrogens is 1. The Bertz CT molecular complexity index is 576. The zero-order valence-electron chi connectivity index (χ0n) is 9.16. The molecule has 16 heavy (non-hydrogen) atoms. The van der Waals surface area contributed by atoms with Crippen LogP contribution in [0.1, 0.15) is 17.0 Å². The topological polar surface area (TPSA) is 28.7 Å². The molecule has 2 nitrogen and oxygen atoms in total. The summed E-state index contributed by atoms with van der Waals surface area (Å²) >= 11 is 5.96. The molecule has 0 amide bonds. The molecule has 3 heteroatoms. The van der Waals surface area contributed by atoms with Crippen LogP contribution >= 0.6 is 11.6 Å². The van der Waals surface area contributed by atoms with Gasteiger partial charge in [0.15, 0.2) is 0 Å². The fourth-order valence-electron chi connectivity index (χ4n) is 1.89. The van der Waals surface area contributed by atoms with Gasteiger partial charge in [0.25, 0.3) is 0 Å². The smallest absolute Gasteiger partial charge is 0.101 e. The fourth-order valence-corrected chi connectivity index (χ4v) is 2.07. The Morgan fingerprint density at radius 3 is 2.56 bits per heavy atom. The maximum Gasteiger partial charge on any atom is 0.101 e. The summed E-state index contributed by atoms with van der Waals surface area (Å²) in [5.74, 6) is 0. The molecular formula is C13H11ClN2. The third-order valence-corrected chi connectivity index (χ3v) is 2.85. The highest BCUT2D eigenvalue weighted by atomic mass is 35.5. The highest BCUT2D eigenvalue weighted by Crippen LogP contribution is 2.22. The van der Waals surface area contributed by atoms with Crippen molar-refractivity contribution >= 4 is 11.6 Å². The molecule has 0 saturated carbocycles. The van der Waals surface area contributed by atoms with E-state index in [2.05, 4.69) is 6.07 Å². The van der Waals surface area contributed by atoms with E-state index in [0.29, 0.717) is 10.6 Å². The van der Waals surface area contributed by atoms with Gasteiger partial charge in [-0.1, -0.05) is 17.7 Å². The maximum atomic E-state index is 8.97. The normalized spacial score (nSPS) is 10.1. The quantitative estimate of drug-likeness (QED) is 0.736. The van der Waals surface area contributed by atoms with Crippen LogP contribution in [0, 0.1) is 25.2 Å². The lowest BCUT2D eigenvalue weighted by Gasteiger charge is -2.09. The number of hydrogen-bond donors (Lipinski definition) is 0. The Balaban J connectivity index is 2.65. The van der Waals surface area contributed by atoms with Crippen molar-refractivity contribution in [3.8, 4) is 11.8 Å². The van der Waals surface area contributed by atoms with E-state index >= 15 is 0 Å². The van der Waals surface area contributed by atoms with Gasteiger partial charge in [0, 0.05) is 22.1 Å². The summed E-state index contributed by atoms with van der Waals surface area (Å²) in [6.45, 7) is 3.92. The molecule has 0 bridgehead atoms. The van der Waals surface area contributed by atoms with Gasteiger partial charge in [0.05, 0.1) is 5.56 Å². The molecule has 0 spiro atoms. The number of benzene rings is 1. The van der Waals surface area contributed by atoms with E-state index < -0.39 is 0 Å². The van der Waals surface area contributed by atoms with Crippen LogP contribution in [0.3, 0.4) is 0 Å². The van der Waals surface area contributed by atoms with Crippen molar-refractivity contribution in [3.63, 3.8) is 0 Å². The minimum absolute atomic E-state index is 0.698. The summed E-state index contributed by atoms with van der Waals surface area (Å²) in [4.78, 5) is 0. The van der Waals surface area contributed by atoms with E-state index in [1.807, 2.05) is 48.7 Å². The molecule has 0 radical (unpaired) electrons. The van der Waals surface area contributed by atoms with E-state index in [1.54, 1.807) is 0 Å². The van der Waals surface area contributed by atoms with Gasteiger partial charge in [-0.3, -0.25) is 0 Å². The van der Waals surface area contributed by atoms with Crippen LogP contribution in [0.5, 0.6) is 0 Å². The zero-order chi connectivity index (χ0) is 11.7.